The Labute approximate surface area is 287 Å². The molecular formula is C45H25N5. The van der Waals surface area contributed by atoms with Gasteiger partial charge in [0.25, 0.3) is 0 Å². The molecule has 0 bridgehead atoms. The van der Waals surface area contributed by atoms with Gasteiger partial charge in [-0.1, -0.05) is 97.1 Å². The number of hydrogen-bond donors (Lipinski definition) is 0. The first-order valence-electron chi connectivity index (χ1n) is 16.3. The number of fused-ring (bicyclic) bond motifs is 6. The van der Waals surface area contributed by atoms with Gasteiger partial charge in [0.2, 0.25) is 0 Å². The Morgan fingerprint density at radius 1 is 0.380 bits per heavy atom. The molecule has 0 fully saturated rings. The molecule has 9 aromatic rings. The summed E-state index contributed by atoms with van der Waals surface area (Å²) >= 11 is 0. The molecule has 50 heavy (non-hydrogen) atoms. The number of benzene rings is 7. The highest BCUT2D eigenvalue weighted by molar-refractivity contribution is 6.13. The second-order valence-electron chi connectivity index (χ2n) is 12.2. The van der Waals surface area contributed by atoms with Gasteiger partial charge < -0.3 is 9.13 Å². The van der Waals surface area contributed by atoms with Gasteiger partial charge in [-0.2, -0.15) is 15.8 Å². The zero-order valence-electron chi connectivity index (χ0n) is 26.7. The fraction of sp³-hybridized carbons (Fsp3) is 0. The van der Waals surface area contributed by atoms with Crippen LogP contribution in [0.1, 0.15) is 16.7 Å². The predicted octanol–water partition coefficient (Wildman–Crippen LogP) is 10.8. The molecule has 9 rings (SSSR count). The first-order chi connectivity index (χ1) is 24.7. The van der Waals surface area contributed by atoms with Gasteiger partial charge >= 0.3 is 0 Å². The number of nitrogens with zero attached hydrogens (tertiary/aromatic N) is 5. The summed E-state index contributed by atoms with van der Waals surface area (Å²) in [7, 11) is 0. The average molecular weight is 636 g/mol. The van der Waals surface area contributed by atoms with Crippen LogP contribution in [-0.2, 0) is 0 Å². The van der Waals surface area contributed by atoms with Crippen molar-refractivity contribution in [1.82, 2.24) is 9.13 Å². The Kier molecular flexibility index (Phi) is 6.56. The zero-order chi connectivity index (χ0) is 33.8. The molecule has 230 valence electrons. The smallest absolute Gasteiger partial charge is 0.102 e. The Balaban J connectivity index is 1.30. The van der Waals surface area contributed by atoms with Gasteiger partial charge in [0.1, 0.15) is 6.07 Å². The van der Waals surface area contributed by atoms with Crippen LogP contribution >= 0.6 is 0 Å². The maximum Gasteiger partial charge on any atom is 0.102 e. The topological polar surface area (TPSA) is 81.2 Å². The molecule has 0 unspecified atom stereocenters. The second kappa shape index (κ2) is 11.4. The first-order valence-corrected chi connectivity index (χ1v) is 16.3. The van der Waals surface area contributed by atoms with Gasteiger partial charge in [0, 0.05) is 32.7 Å². The minimum atomic E-state index is 0.556. The van der Waals surface area contributed by atoms with Crippen LogP contribution < -0.4 is 0 Å². The summed E-state index contributed by atoms with van der Waals surface area (Å²) in [5, 5.41) is 34.5. The minimum absolute atomic E-state index is 0.556. The molecule has 7 aromatic carbocycles. The summed E-state index contributed by atoms with van der Waals surface area (Å²) < 4.78 is 4.38. The minimum Gasteiger partial charge on any atom is -0.309 e. The number of hydrogen-bond acceptors (Lipinski definition) is 3. The Hall–Kier alpha value is -7.39. The SMILES string of the molecule is N#Cc1ccc2c(c1)c1ccccc1n2-c1cccc(-c2ccccc2-c2ccccc2-n2c3ccccc3c3c(C#N)cccc32)c1C#N. The summed E-state index contributed by atoms with van der Waals surface area (Å²) in [6.45, 7) is 0. The lowest BCUT2D eigenvalue weighted by Gasteiger charge is -2.18. The molecule has 2 aromatic heterocycles. The molecule has 2 heterocycles. The quantitative estimate of drug-likeness (QED) is 0.193. The summed E-state index contributed by atoms with van der Waals surface area (Å²) in [6.07, 6.45) is 0. The van der Waals surface area contributed by atoms with Crippen molar-refractivity contribution in [3.63, 3.8) is 0 Å². The van der Waals surface area contributed by atoms with Crippen molar-refractivity contribution < 1.29 is 0 Å². The van der Waals surface area contributed by atoms with Crippen molar-refractivity contribution in [2.75, 3.05) is 0 Å². The maximum absolute atomic E-state index is 10.9. The molecule has 0 radical (unpaired) electrons. The number of nitriles is 3. The zero-order valence-corrected chi connectivity index (χ0v) is 26.7. The summed E-state index contributed by atoms with van der Waals surface area (Å²) in [6, 6.07) is 57.8. The monoisotopic (exact) mass is 635 g/mol. The summed E-state index contributed by atoms with van der Waals surface area (Å²) in [5.74, 6) is 0. The lowest BCUT2D eigenvalue weighted by atomic mass is 9.90. The van der Waals surface area contributed by atoms with Crippen LogP contribution in [0, 0.1) is 34.0 Å². The van der Waals surface area contributed by atoms with Gasteiger partial charge in [-0.3, -0.25) is 0 Å². The molecule has 0 spiro atoms. The Morgan fingerprint density at radius 3 is 1.70 bits per heavy atom. The van der Waals surface area contributed by atoms with Crippen molar-refractivity contribution in [2.24, 2.45) is 0 Å². The molecule has 0 amide bonds. The average Bonchev–Trinajstić information content (AvgIpc) is 3.70. The maximum atomic E-state index is 10.9. The van der Waals surface area contributed by atoms with Crippen LogP contribution in [0.4, 0.5) is 0 Å². The van der Waals surface area contributed by atoms with E-state index in [1.165, 1.54) is 0 Å². The summed E-state index contributed by atoms with van der Waals surface area (Å²) in [4.78, 5) is 0. The van der Waals surface area contributed by atoms with E-state index < -0.39 is 0 Å². The molecule has 0 atom stereocenters. The van der Waals surface area contributed by atoms with Crippen molar-refractivity contribution >= 4 is 43.6 Å². The van der Waals surface area contributed by atoms with E-state index in [1.54, 1.807) is 0 Å². The molecule has 5 heteroatoms. The van der Waals surface area contributed by atoms with Crippen LogP contribution in [0.5, 0.6) is 0 Å². The molecule has 0 N–H and O–H groups in total. The molecule has 0 saturated carbocycles. The lowest BCUT2D eigenvalue weighted by Crippen LogP contribution is -2.01. The van der Waals surface area contributed by atoms with E-state index in [0.29, 0.717) is 16.7 Å². The van der Waals surface area contributed by atoms with Crippen LogP contribution in [0.25, 0.3) is 77.2 Å². The number of rotatable bonds is 4. The van der Waals surface area contributed by atoms with Gasteiger partial charge in [0.15, 0.2) is 0 Å². The molecule has 0 saturated heterocycles. The van der Waals surface area contributed by atoms with Crippen molar-refractivity contribution in [2.45, 2.75) is 0 Å². The highest BCUT2D eigenvalue weighted by Gasteiger charge is 2.22. The third-order valence-corrected chi connectivity index (χ3v) is 9.67. The Morgan fingerprint density at radius 2 is 0.940 bits per heavy atom. The molecular weight excluding hydrogens is 611 g/mol. The molecule has 0 aliphatic carbocycles. The van der Waals surface area contributed by atoms with Crippen LogP contribution in [0.2, 0.25) is 0 Å². The van der Waals surface area contributed by atoms with Gasteiger partial charge in [-0.05, 0) is 65.7 Å². The van der Waals surface area contributed by atoms with E-state index in [0.717, 1.165) is 77.2 Å². The van der Waals surface area contributed by atoms with E-state index in [4.69, 9.17) is 0 Å². The largest absolute Gasteiger partial charge is 0.309 e. The number of para-hydroxylation sites is 3. The van der Waals surface area contributed by atoms with E-state index in [-0.39, 0.29) is 0 Å². The van der Waals surface area contributed by atoms with E-state index in [9.17, 15) is 15.8 Å². The van der Waals surface area contributed by atoms with Gasteiger partial charge in [0.05, 0.1) is 62.3 Å². The van der Waals surface area contributed by atoms with Crippen molar-refractivity contribution in [1.29, 1.82) is 15.8 Å². The van der Waals surface area contributed by atoms with E-state index in [1.807, 2.05) is 97.1 Å². The van der Waals surface area contributed by atoms with Crippen LogP contribution in [0.15, 0.2) is 152 Å². The van der Waals surface area contributed by atoms with E-state index >= 15 is 0 Å². The van der Waals surface area contributed by atoms with Crippen molar-refractivity contribution in [3.8, 4) is 51.8 Å². The first kappa shape index (κ1) is 28.8. The van der Waals surface area contributed by atoms with Gasteiger partial charge in [-0.15, -0.1) is 0 Å². The fourth-order valence-corrected chi connectivity index (χ4v) is 7.59. The third-order valence-electron chi connectivity index (χ3n) is 9.67. The Bertz CT molecular complexity index is 2970. The van der Waals surface area contributed by atoms with E-state index in [2.05, 4.69) is 81.9 Å². The van der Waals surface area contributed by atoms with Crippen molar-refractivity contribution in [3.05, 3.63) is 168 Å². The number of aromatic nitrogens is 2. The normalized spacial score (nSPS) is 11.1. The third kappa shape index (κ3) is 4.17. The lowest BCUT2D eigenvalue weighted by molar-refractivity contribution is 1.17. The molecule has 0 aliphatic rings. The highest BCUT2D eigenvalue weighted by Crippen LogP contribution is 2.42. The standard InChI is InChI=1S/C45H25N5/c46-26-29-23-24-43-37(25-29)35-15-4-7-19-40(35)49(43)42-21-10-17-33(38(42)28-48)31-12-1-2-13-32(31)34-14-3-6-18-39(34)50-41-20-8-5-16-36(41)45-30(27-47)11-9-22-44(45)50/h1-25H. The van der Waals surface area contributed by atoms with Crippen LogP contribution in [0.3, 0.4) is 0 Å². The van der Waals surface area contributed by atoms with Crippen LogP contribution in [-0.4, -0.2) is 9.13 Å². The highest BCUT2D eigenvalue weighted by atomic mass is 15.0. The van der Waals surface area contributed by atoms with Gasteiger partial charge in [-0.25, -0.2) is 0 Å². The second-order valence-corrected chi connectivity index (χ2v) is 12.2. The fourth-order valence-electron chi connectivity index (χ4n) is 7.59. The summed E-state index contributed by atoms with van der Waals surface area (Å²) in [5.41, 5.74) is 11.2. The molecule has 0 aliphatic heterocycles. The molecule has 5 nitrogen and oxygen atoms in total. The predicted molar refractivity (Wildman–Crippen MR) is 200 cm³/mol.